The Balaban J connectivity index is 2.36. The van der Waals surface area contributed by atoms with E-state index in [4.69, 9.17) is 0 Å². The Hall–Kier alpha value is -1.29. The first-order chi connectivity index (χ1) is 7.74. The SMILES string of the molecule is C=CCSCC(=O)NC(C)c1ccccn1. The summed E-state index contributed by atoms with van der Waals surface area (Å²) >= 11 is 1.55. The Morgan fingerprint density at radius 1 is 1.69 bits per heavy atom. The molecule has 0 aliphatic rings. The van der Waals surface area contributed by atoms with Gasteiger partial charge in [0.15, 0.2) is 0 Å². The Morgan fingerprint density at radius 2 is 2.50 bits per heavy atom. The van der Waals surface area contributed by atoms with Crippen molar-refractivity contribution in [2.24, 2.45) is 0 Å². The molecule has 0 fully saturated rings. The molecule has 1 heterocycles. The highest BCUT2D eigenvalue weighted by Gasteiger charge is 2.09. The lowest BCUT2D eigenvalue weighted by molar-refractivity contribution is -0.119. The van der Waals surface area contributed by atoms with Gasteiger partial charge in [0.1, 0.15) is 0 Å². The van der Waals surface area contributed by atoms with Gasteiger partial charge >= 0.3 is 0 Å². The van der Waals surface area contributed by atoms with Gasteiger partial charge in [-0.1, -0.05) is 12.1 Å². The minimum atomic E-state index is -0.0435. The minimum absolute atomic E-state index is 0.0324. The highest BCUT2D eigenvalue weighted by molar-refractivity contribution is 8.00. The largest absolute Gasteiger partial charge is 0.347 e. The van der Waals surface area contributed by atoms with Gasteiger partial charge in [0.05, 0.1) is 17.5 Å². The van der Waals surface area contributed by atoms with E-state index in [2.05, 4.69) is 16.9 Å². The Bertz CT molecular complexity index is 340. The number of rotatable bonds is 6. The van der Waals surface area contributed by atoms with Crippen molar-refractivity contribution in [3.63, 3.8) is 0 Å². The van der Waals surface area contributed by atoms with Crippen molar-refractivity contribution in [1.29, 1.82) is 0 Å². The highest BCUT2D eigenvalue weighted by Crippen LogP contribution is 2.08. The van der Waals surface area contributed by atoms with Crippen molar-refractivity contribution in [2.45, 2.75) is 13.0 Å². The van der Waals surface area contributed by atoms with Crippen molar-refractivity contribution >= 4 is 17.7 Å². The molecule has 0 aliphatic carbocycles. The molecule has 1 aromatic heterocycles. The van der Waals surface area contributed by atoms with Crippen molar-refractivity contribution in [2.75, 3.05) is 11.5 Å². The molecule has 0 radical (unpaired) electrons. The first-order valence-corrected chi connectivity index (χ1v) is 6.28. The number of carbonyl (C=O) groups excluding carboxylic acids is 1. The number of carbonyl (C=O) groups is 1. The zero-order valence-corrected chi connectivity index (χ0v) is 10.2. The molecule has 16 heavy (non-hydrogen) atoms. The summed E-state index contributed by atoms with van der Waals surface area (Å²) in [5.74, 6) is 1.29. The van der Waals surface area contributed by atoms with Crippen LogP contribution in [0.3, 0.4) is 0 Å². The molecular formula is C12H16N2OS. The van der Waals surface area contributed by atoms with Crippen LogP contribution >= 0.6 is 11.8 Å². The number of hydrogen-bond donors (Lipinski definition) is 1. The summed E-state index contributed by atoms with van der Waals surface area (Å²) in [4.78, 5) is 15.7. The number of aromatic nitrogens is 1. The quantitative estimate of drug-likeness (QED) is 0.608. The fourth-order valence-corrected chi connectivity index (χ4v) is 1.78. The van der Waals surface area contributed by atoms with Crippen LogP contribution in [0, 0.1) is 0 Å². The van der Waals surface area contributed by atoms with Gasteiger partial charge in [0, 0.05) is 11.9 Å². The number of nitrogens with one attached hydrogen (secondary N) is 1. The van der Waals surface area contributed by atoms with E-state index < -0.39 is 0 Å². The molecule has 1 amide bonds. The molecule has 0 bridgehead atoms. The number of nitrogens with zero attached hydrogens (tertiary/aromatic N) is 1. The maximum Gasteiger partial charge on any atom is 0.230 e. The van der Waals surface area contributed by atoms with Crippen LogP contribution in [0.25, 0.3) is 0 Å². The molecule has 4 heteroatoms. The van der Waals surface area contributed by atoms with Gasteiger partial charge in [-0.05, 0) is 19.1 Å². The lowest BCUT2D eigenvalue weighted by Crippen LogP contribution is -2.28. The van der Waals surface area contributed by atoms with Gasteiger partial charge in [0.25, 0.3) is 0 Å². The van der Waals surface area contributed by atoms with Crippen molar-refractivity contribution in [3.8, 4) is 0 Å². The summed E-state index contributed by atoms with van der Waals surface area (Å²) in [6.07, 6.45) is 3.52. The summed E-state index contributed by atoms with van der Waals surface area (Å²) in [5, 5.41) is 2.90. The van der Waals surface area contributed by atoms with Gasteiger partial charge in [-0.3, -0.25) is 9.78 Å². The van der Waals surface area contributed by atoms with E-state index in [0.717, 1.165) is 11.4 Å². The summed E-state index contributed by atoms with van der Waals surface area (Å²) in [5.41, 5.74) is 0.879. The van der Waals surface area contributed by atoms with E-state index in [1.165, 1.54) is 0 Å². The molecule has 0 spiro atoms. The van der Waals surface area contributed by atoms with E-state index in [-0.39, 0.29) is 11.9 Å². The second-order valence-corrected chi connectivity index (χ2v) is 4.38. The number of amides is 1. The van der Waals surface area contributed by atoms with Crippen LogP contribution in [-0.2, 0) is 4.79 Å². The van der Waals surface area contributed by atoms with Gasteiger partial charge < -0.3 is 5.32 Å². The van der Waals surface area contributed by atoms with Crippen LogP contribution in [0.2, 0.25) is 0 Å². The van der Waals surface area contributed by atoms with Gasteiger partial charge in [0.2, 0.25) is 5.91 Å². The maximum absolute atomic E-state index is 11.5. The van der Waals surface area contributed by atoms with E-state index in [0.29, 0.717) is 5.75 Å². The van der Waals surface area contributed by atoms with E-state index in [1.54, 1.807) is 24.0 Å². The number of pyridine rings is 1. The Kier molecular flexibility index (Phi) is 5.64. The highest BCUT2D eigenvalue weighted by atomic mass is 32.2. The lowest BCUT2D eigenvalue weighted by atomic mass is 10.2. The third-order valence-electron chi connectivity index (χ3n) is 1.98. The molecular weight excluding hydrogens is 220 g/mol. The fraction of sp³-hybridized carbons (Fsp3) is 0.333. The van der Waals surface area contributed by atoms with Crippen molar-refractivity contribution < 1.29 is 4.79 Å². The topological polar surface area (TPSA) is 42.0 Å². The molecule has 1 aromatic rings. The van der Waals surface area contributed by atoms with E-state index >= 15 is 0 Å². The third-order valence-corrected chi connectivity index (χ3v) is 2.92. The van der Waals surface area contributed by atoms with Crippen LogP contribution in [-0.4, -0.2) is 22.4 Å². The molecule has 86 valence electrons. The monoisotopic (exact) mass is 236 g/mol. The Morgan fingerprint density at radius 3 is 3.12 bits per heavy atom. The number of thioether (sulfide) groups is 1. The summed E-state index contributed by atoms with van der Waals surface area (Å²) < 4.78 is 0. The van der Waals surface area contributed by atoms with Crippen LogP contribution in [0.4, 0.5) is 0 Å². The summed E-state index contributed by atoms with van der Waals surface area (Å²) in [7, 11) is 0. The average molecular weight is 236 g/mol. The normalized spacial score (nSPS) is 11.8. The second kappa shape index (κ2) is 7.06. The standard InChI is InChI=1S/C12H16N2OS/c1-3-8-16-9-12(15)14-10(2)11-6-4-5-7-13-11/h3-7,10H,1,8-9H2,2H3,(H,14,15). The third kappa shape index (κ3) is 4.49. The van der Waals surface area contributed by atoms with Crippen LogP contribution in [0.1, 0.15) is 18.7 Å². The molecule has 1 rings (SSSR count). The molecule has 0 saturated heterocycles. The summed E-state index contributed by atoms with van der Waals surface area (Å²) in [6.45, 7) is 5.53. The Labute approximate surface area is 100 Å². The zero-order valence-electron chi connectivity index (χ0n) is 9.35. The van der Waals surface area contributed by atoms with E-state index in [1.807, 2.05) is 25.1 Å². The lowest BCUT2D eigenvalue weighted by Gasteiger charge is -2.12. The molecule has 0 aromatic carbocycles. The first-order valence-electron chi connectivity index (χ1n) is 5.13. The predicted molar refractivity (Wildman–Crippen MR) is 68.3 cm³/mol. The minimum Gasteiger partial charge on any atom is -0.347 e. The second-order valence-electron chi connectivity index (χ2n) is 3.35. The van der Waals surface area contributed by atoms with Crippen LogP contribution in [0.15, 0.2) is 37.1 Å². The zero-order chi connectivity index (χ0) is 11.8. The molecule has 3 nitrogen and oxygen atoms in total. The van der Waals surface area contributed by atoms with Crippen LogP contribution in [0.5, 0.6) is 0 Å². The molecule has 0 aliphatic heterocycles. The molecule has 0 saturated carbocycles. The summed E-state index contributed by atoms with van der Waals surface area (Å²) in [6, 6.07) is 5.63. The molecule has 1 unspecified atom stereocenters. The average Bonchev–Trinajstić information content (AvgIpc) is 2.30. The smallest absolute Gasteiger partial charge is 0.230 e. The van der Waals surface area contributed by atoms with Gasteiger partial charge in [-0.15, -0.1) is 18.3 Å². The van der Waals surface area contributed by atoms with Crippen molar-refractivity contribution in [3.05, 3.63) is 42.7 Å². The van der Waals surface area contributed by atoms with Crippen molar-refractivity contribution in [1.82, 2.24) is 10.3 Å². The molecule has 1 N–H and O–H groups in total. The molecule has 1 atom stereocenters. The van der Waals surface area contributed by atoms with Gasteiger partial charge in [-0.2, -0.15) is 0 Å². The maximum atomic E-state index is 11.5. The number of hydrogen-bond acceptors (Lipinski definition) is 3. The van der Waals surface area contributed by atoms with Crippen LogP contribution < -0.4 is 5.32 Å². The van der Waals surface area contributed by atoms with E-state index in [9.17, 15) is 4.79 Å². The predicted octanol–water partition coefficient (Wildman–Crippen LogP) is 2.18. The fourth-order valence-electron chi connectivity index (χ4n) is 1.22. The first kappa shape index (κ1) is 12.8. The van der Waals surface area contributed by atoms with Gasteiger partial charge in [-0.25, -0.2) is 0 Å².